The molecule has 3 aliphatic rings. The third kappa shape index (κ3) is 2.86. The van der Waals surface area contributed by atoms with Crippen LogP contribution in [0.2, 0.25) is 0 Å². The number of fused-ring (bicyclic) bond motifs is 1. The van der Waals surface area contributed by atoms with E-state index in [1.165, 1.54) is 51.4 Å². The molecule has 1 heterocycles. The summed E-state index contributed by atoms with van der Waals surface area (Å²) >= 11 is 0. The van der Waals surface area contributed by atoms with E-state index in [2.05, 4.69) is 11.8 Å². The van der Waals surface area contributed by atoms with Crippen LogP contribution in [0, 0.1) is 17.3 Å². The standard InChI is InChI=1S/C18H32N2O/c1-14-8-10-18(13-19,11-9-14)17(21)20-12-4-6-15-5-2-3-7-16(15)20/h14-16H,2-13,19H2,1H3/t14?,15-,16-,18?/m1/s1. The number of hydrogen-bond donors (Lipinski definition) is 1. The summed E-state index contributed by atoms with van der Waals surface area (Å²) in [5.41, 5.74) is 5.88. The van der Waals surface area contributed by atoms with Gasteiger partial charge in [-0.1, -0.05) is 19.8 Å². The number of rotatable bonds is 2. The molecule has 1 aliphatic heterocycles. The van der Waals surface area contributed by atoms with Crippen LogP contribution in [0.1, 0.15) is 71.1 Å². The molecule has 0 unspecified atom stereocenters. The molecule has 3 nitrogen and oxygen atoms in total. The summed E-state index contributed by atoms with van der Waals surface area (Å²) in [5, 5.41) is 0. The highest BCUT2D eigenvalue weighted by atomic mass is 16.2. The van der Waals surface area contributed by atoms with Crippen molar-refractivity contribution in [2.45, 2.75) is 77.2 Å². The Morgan fingerprint density at radius 2 is 1.76 bits per heavy atom. The van der Waals surface area contributed by atoms with Gasteiger partial charge < -0.3 is 10.6 Å². The van der Waals surface area contributed by atoms with Gasteiger partial charge in [-0.3, -0.25) is 4.79 Å². The smallest absolute Gasteiger partial charge is 0.230 e. The van der Waals surface area contributed by atoms with Crippen LogP contribution in [0.15, 0.2) is 0 Å². The van der Waals surface area contributed by atoms with Crippen molar-refractivity contribution in [3.05, 3.63) is 0 Å². The van der Waals surface area contributed by atoms with Crippen molar-refractivity contribution in [2.75, 3.05) is 13.1 Å². The third-order valence-corrected chi connectivity index (χ3v) is 6.58. The predicted octanol–water partition coefficient (Wildman–Crippen LogP) is 3.32. The minimum Gasteiger partial charge on any atom is -0.339 e. The number of carbonyl (C=O) groups is 1. The molecule has 1 saturated heterocycles. The van der Waals surface area contributed by atoms with E-state index < -0.39 is 0 Å². The van der Waals surface area contributed by atoms with E-state index in [0.29, 0.717) is 18.5 Å². The van der Waals surface area contributed by atoms with Gasteiger partial charge >= 0.3 is 0 Å². The van der Waals surface area contributed by atoms with Gasteiger partial charge in [-0.25, -0.2) is 0 Å². The molecule has 0 bridgehead atoms. The van der Waals surface area contributed by atoms with E-state index in [4.69, 9.17) is 5.73 Å². The van der Waals surface area contributed by atoms with E-state index in [9.17, 15) is 4.79 Å². The van der Waals surface area contributed by atoms with E-state index in [1.54, 1.807) is 0 Å². The summed E-state index contributed by atoms with van der Waals surface area (Å²) in [6.07, 6.45) is 12.1. The second kappa shape index (κ2) is 6.28. The first kappa shape index (κ1) is 15.3. The quantitative estimate of drug-likeness (QED) is 0.848. The number of carbonyl (C=O) groups excluding carboxylic acids is 1. The van der Waals surface area contributed by atoms with E-state index >= 15 is 0 Å². The fraction of sp³-hybridized carbons (Fsp3) is 0.944. The lowest BCUT2D eigenvalue weighted by atomic mass is 9.68. The van der Waals surface area contributed by atoms with Crippen molar-refractivity contribution in [1.82, 2.24) is 4.90 Å². The number of amides is 1. The zero-order valence-electron chi connectivity index (χ0n) is 13.7. The Balaban J connectivity index is 1.75. The minimum atomic E-state index is -0.230. The summed E-state index contributed by atoms with van der Waals surface area (Å²) in [4.78, 5) is 15.6. The monoisotopic (exact) mass is 292 g/mol. The van der Waals surface area contributed by atoms with E-state index in [1.807, 2.05) is 0 Å². The lowest BCUT2D eigenvalue weighted by molar-refractivity contribution is -0.150. The van der Waals surface area contributed by atoms with Gasteiger partial charge in [0, 0.05) is 19.1 Å². The number of nitrogens with zero attached hydrogens (tertiary/aromatic N) is 1. The van der Waals surface area contributed by atoms with Crippen molar-refractivity contribution >= 4 is 5.91 Å². The van der Waals surface area contributed by atoms with Crippen molar-refractivity contribution in [3.63, 3.8) is 0 Å². The van der Waals surface area contributed by atoms with Gasteiger partial charge in [0.2, 0.25) is 5.91 Å². The minimum absolute atomic E-state index is 0.230. The Labute approximate surface area is 129 Å². The summed E-state index contributed by atoms with van der Waals surface area (Å²) < 4.78 is 0. The number of likely N-dealkylation sites (tertiary alicyclic amines) is 1. The van der Waals surface area contributed by atoms with Gasteiger partial charge in [-0.05, 0) is 63.2 Å². The van der Waals surface area contributed by atoms with Gasteiger partial charge in [-0.2, -0.15) is 0 Å². The Hall–Kier alpha value is -0.570. The van der Waals surface area contributed by atoms with Gasteiger partial charge in [0.05, 0.1) is 5.41 Å². The zero-order valence-corrected chi connectivity index (χ0v) is 13.7. The molecular weight excluding hydrogens is 260 g/mol. The SMILES string of the molecule is CC1CCC(CN)(C(=O)N2CCC[C@H]3CCCC[C@H]32)CC1. The first-order valence-electron chi connectivity index (χ1n) is 9.17. The molecule has 120 valence electrons. The molecule has 21 heavy (non-hydrogen) atoms. The zero-order chi connectivity index (χ0) is 14.9. The van der Waals surface area contributed by atoms with Crippen molar-refractivity contribution in [3.8, 4) is 0 Å². The molecule has 3 fully saturated rings. The molecule has 3 heteroatoms. The molecule has 2 aliphatic carbocycles. The van der Waals surface area contributed by atoms with Crippen LogP contribution in [0.4, 0.5) is 0 Å². The second-order valence-corrected chi connectivity index (χ2v) is 7.92. The molecule has 0 aromatic heterocycles. The van der Waals surface area contributed by atoms with Crippen molar-refractivity contribution in [1.29, 1.82) is 0 Å². The molecule has 0 radical (unpaired) electrons. The van der Waals surface area contributed by atoms with Crippen molar-refractivity contribution in [2.24, 2.45) is 23.0 Å². The van der Waals surface area contributed by atoms with Gasteiger partial charge in [0.15, 0.2) is 0 Å². The fourth-order valence-corrected chi connectivity index (χ4v) is 5.00. The van der Waals surface area contributed by atoms with E-state index in [0.717, 1.165) is 31.2 Å². The molecule has 3 rings (SSSR count). The van der Waals surface area contributed by atoms with Crippen LogP contribution in [-0.4, -0.2) is 29.9 Å². The lowest BCUT2D eigenvalue weighted by Crippen LogP contribution is -2.57. The average Bonchev–Trinajstić information content (AvgIpc) is 2.55. The lowest BCUT2D eigenvalue weighted by Gasteiger charge is -2.49. The maximum atomic E-state index is 13.3. The maximum absolute atomic E-state index is 13.3. The number of piperidine rings is 1. The summed E-state index contributed by atoms with van der Waals surface area (Å²) in [6.45, 7) is 3.84. The first-order valence-corrected chi connectivity index (χ1v) is 9.17. The van der Waals surface area contributed by atoms with Crippen LogP contribution in [-0.2, 0) is 4.79 Å². The van der Waals surface area contributed by atoms with Gasteiger partial charge in [0.1, 0.15) is 0 Å². The van der Waals surface area contributed by atoms with Crippen LogP contribution in [0.25, 0.3) is 0 Å². The van der Waals surface area contributed by atoms with Gasteiger partial charge in [0.25, 0.3) is 0 Å². The third-order valence-electron chi connectivity index (χ3n) is 6.58. The Morgan fingerprint density at radius 1 is 1.10 bits per heavy atom. The van der Waals surface area contributed by atoms with Crippen LogP contribution >= 0.6 is 0 Å². The normalized spacial score (nSPS) is 40.7. The highest BCUT2D eigenvalue weighted by molar-refractivity contribution is 5.83. The Morgan fingerprint density at radius 3 is 2.48 bits per heavy atom. The first-order chi connectivity index (χ1) is 10.2. The largest absolute Gasteiger partial charge is 0.339 e. The highest BCUT2D eigenvalue weighted by Crippen LogP contribution is 2.43. The molecule has 2 N–H and O–H groups in total. The number of nitrogens with two attached hydrogens (primary N) is 1. The topological polar surface area (TPSA) is 46.3 Å². The molecule has 2 atom stereocenters. The summed E-state index contributed by atoms with van der Waals surface area (Å²) in [5.74, 6) is 1.95. The predicted molar refractivity (Wildman–Crippen MR) is 85.8 cm³/mol. The van der Waals surface area contributed by atoms with Gasteiger partial charge in [-0.15, -0.1) is 0 Å². The van der Waals surface area contributed by atoms with Crippen LogP contribution < -0.4 is 5.73 Å². The highest BCUT2D eigenvalue weighted by Gasteiger charge is 2.46. The Bertz CT molecular complexity index is 371. The average molecular weight is 292 g/mol. The van der Waals surface area contributed by atoms with Crippen molar-refractivity contribution < 1.29 is 4.79 Å². The molecule has 0 spiro atoms. The molecular formula is C18H32N2O. The Kier molecular flexibility index (Phi) is 4.58. The molecule has 1 amide bonds. The molecule has 0 aromatic rings. The molecule has 0 aromatic carbocycles. The van der Waals surface area contributed by atoms with Crippen LogP contribution in [0.3, 0.4) is 0 Å². The summed E-state index contributed by atoms with van der Waals surface area (Å²) in [7, 11) is 0. The fourth-order valence-electron chi connectivity index (χ4n) is 5.00. The number of hydrogen-bond acceptors (Lipinski definition) is 2. The maximum Gasteiger partial charge on any atom is 0.230 e. The van der Waals surface area contributed by atoms with Crippen LogP contribution in [0.5, 0.6) is 0 Å². The van der Waals surface area contributed by atoms with E-state index in [-0.39, 0.29) is 5.41 Å². The summed E-state index contributed by atoms with van der Waals surface area (Å²) in [6, 6.07) is 0.530. The molecule has 2 saturated carbocycles. The second-order valence-electron chi connectivity index (χ2n) is 7.92.